The molecule has 0 amide bonds. The SMILES string of the molecule is Cc1cc(OCCCS(C)(=O)=O)ncc1-c1cccc(COc2ccc3c(c2)C[C@H]2[C@H](C(=O)O)[C@@H]32)c1C. The van der Waals surface area contributed by atoms with Crippen molar-refractivity contribution in [3.63, 3.8) is 0 Å². The number of pyridine rings is 1. The average Bonchev–Trinajstić information content (AvgIpc) is 3.43. The highest BCUT2D eigenvalue weighted by atomic mass is 32.2. The van der Waals surface area contributed by atoms with Crippen LogP contribution in [0.5, 0.6) is 11.6 Å². The van der Waals surface area contributed by atoms with Gasteiger partial charge in [-0.2, -0.15) is 0 Å². The van der Waals surface area contributed by atoms with Crippen LogP contribution in [0.1, 0.15) is 40.2 Å². The maximum atomic E-state index is 11.3. The van der Waals surface area contributed by atoms with Crippen molar-refractivity contribution in [3.8, 4) is 22.8 Å². The van der Waals surface area contributed by atoms with Crippen molar-refractivity contribution in [1.82, 2.24) is 4.98 Å². The van der Waals surface area contributed by atoms with E-state index in [0.29, 0.717) is 25.5 Å². The zero-order chi connectivity index (χ0) is 26.3. The van der Waals surface area contributed by atoms with Gasteiger partial charge in [-0.05, 0) is 78.1 Å². The summed E-state index contributed by atoms with van der Waals surface area (Å²) in [5.41, 5.74) is 7.65. The number of nitrogens with zero attached hydrogens (tertiary/aromatic N) is 1. The maximum Gasteiger partial charge on any atom is 0.307 e. The molecule has 3 atom stereocenters. The summed E-state index contributed by atoms with van der Waals surface area (Å²) in [6, 6.07) is 14.0. The molecular formula is C29H31NO6S. The first-order valence-corrected chi connectivity index (χ1v) is 14.5. The summed E-state index contributed by atoms with van der Waals surface area (Å²) in [6.45, 7) is 4.81. The molecule has 1 N–H and O–H groups in total. The monoisotopic (exact) mass is 521 g/mol. The summed E-state index contributed by atoms with van der Waals surface area (Å²) >= 11 is 0. The van der Waals surface area contributed by atoms with E-state index in [0.717, 1.165) is 45.6 Å². The molecule has 2 aliphatic rings. The number of rotatable bonds is 10. The van der Waals surface area contributed by atoms with Gasteiger partial charge in [-0.15, -0.1) is 0 Å². The van der Waals surface area contributed by atoms with Crippen molar-refractivity contribution >= 4 is 15.8 Å². The largest absolute Gasteiger partial charge is 0.489 e. The summed E-state index contributed by atoms with van der Waals surface area (Å²) < 4.78 is 34.3. The van der Waals surface area contributed by atoms with Crippen molar-refractivity contribution in [1.29, 1.82) is 0 Å². The molecule has 0 bridgehead atoms. The van der Waals surface area contributed by atoms with Gasteiger partial charge in [0.15, 0.2) is 0 Å². The Kier molecular flexibility index (Phi) is 6.70. The first-order valence-electron chi connectivity index (χ1n) is 12.5. The lowest BCUT2D eigenvalue weighted by atomic mass is 9.95. The number of aryl methyl sites for hydroxylation is 1. The molecule has 8 heteroatoms. The lowest BCUT2D eigenvalue weighted by Crippen LogP contribution is -2.08. The number of aromatic nitrogens is 1. The topological polar surface area (TPSA) is 103 Å². The molecule has 7 nitrogen and oxygen atoms in total. The molecule has 0 spiro atoms. The fraction of sp³-hybridized carbons (Fsp3) is 0.379. The maximum absolute atomic E-state index is 11.3. The van der Waals surface area contributed by atoms with Gasteiger partial charge in [-0.1, -0.05) is 24.3 Å². The molecule has 194 valence electrons. The molecule has 5 rings (SSSR count). The number of carboxylic acids is 1. The number of benzene rings is 2. The second-order valence-electron chi connectivity index (χ2n) is 10.2. The van der Waals surface area contributed by atoms with Crippen LogP contribution in [-0.4, -0.2) is 43.1 Å². The minimum atomic E-state index is -3.00. The van der Waals surface area contributed by atoms with Crippen molar-refractivity contribution in [3.05, 3.63) is 76.5 Å². The first-order chi connectivity index (χ1) is 17.6. The van der Waals surface area contributed by atoms with E-state index in [9.17, 15) is 18.3 Å². The van der Waals surface area contributed by atoms with E-state index in [1.54, 1.807) is 6.20 Å². The lowest BCUT2D eigenvalue weighted by molar-refractivity contribution is -0.139. The van der Waals surface area contributed by atoms with Crippen LogP contribution in [0.2, 0.25) is 0 Å². The molecular weight excluding hydrogens is 490 g/mol. The Balaban J connectivity index is 1.24. The number of hydrogen-bond donors (Lipinski definition) is 1. The lowest BCUT2D eigenvalue weighted by Gasteiger charge is -2.15. The average molecular weight is 522 g/mol. The number of sulfone groups is 1. The number of carboxylic acid groups (broad SMARTS) is 1. The molecule has 1 fully saturated rings. The Labute approximate surface area is 217 Å². The van der Waals surface area contributed by atoms with Crippen LogP contribution in [0.15, 0.2) is 48.7 Å². The predicted molar refractivity (Wildman–Crippen MR) is 141 cm³/mol. The van der Waals surface area contributed by atoms with Crippen molar-refractivity contribution < 1.29 is 27.8 Å². The van der Waals surface area contributed by atoms with E-state index < -0.39 is 15.8 Å². The number of hydrogen-bond acceptors (Lipinski definition) is 6. The first kappa shape index (κ1) is 25.3. The quantitative estimate of drug-likeness (QED) is 0.385. The van der Waals surface area contributed by atoms with Gasteiger partial charge in [0.1, 0.15) is 22.2 Å². The Morgan fingerprint density at radius 2 is 1.92 bits per heavy atom. The van der Waals surface area contributed by atoms with E-state index >= 15 is 0 Å². The number of aliphatic carboxylic acids is 1. The third-order valence-corrected chi connectivity index (χ3v) is 8.54. The van der Waals surface area contributed by atoms with Crippen LogP contribution in [0, 0.1) is 25.7 Å². The van der Waals surface area contributed by atoms with Gasteiger partial charge < -0.3 is 14.6 Å². The van der Waals surface area contributed by atoms with E-state index in [2.05, 4.69) is 30.1 Å². The summed E-state index contributed by atoms with van der Waals surface area (Å²) in [6.07, 6.45) is 4.25. The standard InChI is InChI=1S/C29H31NO6S/c1-17-12-26(35-10-5-11-37(3,33)34)30-15-25(17)22-7-4-6-19(18(22)2)16-36-21-8-9-23-20(13-21)14-24-27(23)28(24)29(31)32/h4,6-9,12-13,15,24,27-28H,5,10-11,14,16H2,1-3H3,(H,31,32)/t24-,27+,28+/m1/s1. The highest BCUT2D eigenvalue weighted by molar-refractivity contribution is 7.90. The molecule has 0 saturated heterocycles. The zero-order valence-electron chi connectivity index (χ0n) is 21.2. The van der Waals surface area contributed by atoms with Gasteiger partial charge in [-0.3, -0.25) is 4.79 Å². The molecule has 1 heterocycles. The molecule has 3 aromatic rings. The molecule has 2 aromatic carbocycles. The van der Waals surface area contributed by atoms with Gasteiger partial charge in [0.05, 0.1) is 18.3 Å². The van der Waals surface area contributed by atoms with Crippen LogP contribution in [0.3, 0.4) is 0 Å². The van der Waals surface area contributed by atoms with Crippen molar-refractivity contribution in [2.24, 2.45) is 11.8 Å². The molecule has 37 heavy (non-hydrogen) atoms. The molecule has 1 aromatic heterocycles. The number of fused-ring (bicyclic) bond motifs is 3. The smallest absolute Gasteiger partial charge is 0.307 e. The second kappa shape index (κ2) is 9.82. The highest BCUT2D eigenvalue weighted by Gasteiger charge is 2.59. The normalized spacial score (nSPS) is 19.7. The summed E-state index contributed by atoms with van der Waals surface area (Å²) in [5.74, 6) is 0.874. The molecule has 0 aliphatic heterocycles. The third-order valence-electron chi connectivity index (χ3n) is 7.51. The highest BCUT2D eigenvalue weighted by Crippen LogP contribution is 2.61. The zero-order valence-corrected chi connectivity index (χ0v) is 22.0. The summed E-state index contributed by atoms with van der Waals surface area (Å²) in [4.78, 5) is 15.8. The Hall–Kier alpha value is -3.39. The third kappa shape index (κ3) is 5.34. The van der Waals surface area contributed by atoms with Gasteiger partial charge >= 0.3 is 5.97 Å². The molecule has 0 radical (unpaired) electrons. The van der Waals surface area contributed by atoms with Crippen LogP contribution in [0.25, 0.3) is 11.1 Å². The minimum Gasteiger partial charge on any atom is -0.489 e. The van der Waals surface area contributed by atoms with Crippen molar-refractivity contribution in [2.45, 2.75) is 39.2 Å². The summed E-state index contributed by atoms with van der Waals surface area (Å²) in [7, 11) is -3.00. The minimum absolute atomic E-state index is 0.0931. The van der Waals surface area contributed by atoms with E-state index in [-0.39, 0.29) is 23.5 Å². The van der Waals surface area contributed by atoms with E-state index in [4.69, 9.17) is 9.47 Å². The molecule has 2 aliphatic carbocycles. The van der Waals surface area contributed by atoms with Crippen molar-refractivity contribution in [2.75, 3.05) is 18.6 Å². The summed E-state index contributed by atoms with van der Waals surface area (Å²) in [5, 5.41) is 9.33. The van der Waals surface area contributed by atoms with Gasteiger partial charge in [-0.25, -0.2) is 13.4 Å². The number of ether oxygens (including phenoxy) is 2. The Morgan fingerprint density at radius 3 is 2.65 bits per heavy atom. The van der Waals surface area contributed by atoms with Crippen LogP contribution >= 0.6 is 0 Å². The fourth-order valence-electron chi connectivity index (χ4n) is 5.50. The Bertz CT molecular complexity index is 1470. The van der Waals surface area contributed by atoms with Gasteiger partial charge in [0.25, 0.3) is 0 Å². The van der Waals surface area contributed by atoms with Crippen LogP contribution in [-0.2, 0) is 27.7 Å². The van der Waals surface area contributed by atoms with E-state index in [1.807, 2.05) is 31.2 Å². The predicted octanol–water partition coefficient (Wildman–Crippen LogP) is 4.73. The van der Waals surface area contributed by atoms with E-state index in [1.165, 1.54) is 11.8 Å². The Morgan fingerprint density at radius 1 is 1.11 bits per heavy atom. The van der Waals surface area contributed by atoms with Gasteiger partial charge in [0.2, 0.25) is 5.88 Å². The van der Waals surface area contributed by atoms with Gasteiger partial charge in [0, 0.05) is 30.0 Å². The van der Waals surface area contributed by atoms with Crippen LogP contribution < -0.4 is 9.47 Å². The fourth-order valence-corrected chi connectivity index (χ4v) is 6.14. The number of carbonyl (C=O) groups is 1. The molecule has 0 unspecified atom stereocenters. The second-order valence-corrected chi connectivity index (χ2v) is 12.4. The molecule has 1 saturated carbocycles. The van der Waals surface area contributed by atoms with Crippen LogP contribution in [0.4, 0.5) is 0 Å².